The fraction of sp³-hybridized carbons (Fsp3) is 0.951. The van der Waals surface area contributed by atoms with E-state index in [2.05, 4.69) is 52.2 Å². The van der Waals surface area contributed by atoms with Crippen LogP contribution in [0, 0.1) is 0 Å². The zero-order valence-corrected chi connectivity index (χ0v) is 67.2. The van der Waals surface area contributed by atoms with E-state index in [1.165, 1.54) is 200 Å². The van der Waals surface area contributed by atoms with Crippen molar-refractivity contribution in [3.63, 3.8) is 0 Å². The molecule has 2 unspecified atom stereocenters. The van der Waals surface area contributed by atoms with Crippen molar-refractivity contribution < 1.29 is 76.7 Å². The number of hydrogen-bond acceptors (Lipinski definition) is 13. The van der Waals surface area contributed by atoms with Crippen LogP contribution in [0.5, 0.6) is 0 Å². The van der Waals surface area contributed by atoms with Gasteiger partial charge in [-0.1, -0.05) is 350 Å². The first kappa shape index (κ1) is 98.8. The molecule has 101 heavy (non-hydrogen) atoms. The van der Waals surface area contributed by atoms with Crippen LogP contribution in [0.25, 0.3) is 0 Å². The lowest BCUT2D eigenvalue weighted by molar-refractivity contribution is -0.218. The average Bonchev–Trinajstić information content (AvgIpc) is 0.886. The van der Waals surface area contributed by atoms with Gasteiger partial charge in [0.25, 0.3) is 0 Å². The summed E-state index contributed by atoms with van der Waals surface area (Å²) in [5, 5.41) is 27.2. The molecule has 0 saturated heterocycles. The molecule has 0 aliphatic carbocycles. The number of aliphatic hydroxyl groups is 1. The first-order valence-corrected chi connectivity index (χ1v) is 44.0. The molecule has 0 aromatic heterocycles. The SMILES string of the molecule is CCCCCCCCCCC[C@H](CC(=O)N[C@@H](COC(OC(CO)[C@H](C)OP(=O)(O)O)[C@H](COC(=O)C[C@@H](CCCCCCCCCCC)OCCCCCCCCCC)NC(=O)C[C@@H](CCCCCCCCCCC)OCCCCCCCCCC)C(=O)O)OCCCCCCCCCC. The number of aliphatic hydroxyl groups excluding tert-OH is 1. The number of hydrogen-bond donors (Lipinski definition) is 6. The monoisotopic (exact) mass is 1460 g/mol. The van der Waals surface area contributed by atoms with E-state index in [-0.39, 0.29) is 19.3 Å². The molecule has 0 spiro atoms. The third-order valence-electron chi connectivity index (χ3n) is 19.6. The number of carbonyl (C=O) groups excluding carboxylic acids is 3. The minimum atomic E-state index is -5.16. The van der Waals surface area contributed by atoms with E-state index in [4.69, 9.17) is 32.9 Å². The van der Waals surface area contributed by atoms with Crippen LogP contribution in [0.1, 0.15) is 414 Å². The lowest BCUT2D eigenvalue weighted by Gasteiger charge is -2.33. The Kier molecular flexibility index (Phi) is 71.6. The van der Waals surface area contributed by atoms with Crippen LogP contribution in [0.3, 0.4) is 0 Å². The van der Waals surface area contributed by atoms with Crippen molar-refractivity contribution in [1.29, 1.82) is 0 Å². The van der Waals surface area contributed by atoms with Crippen molar-refractivity contribution in [3.05, 3.63) is 0 Å². The van der Waals surface area contributed by atoms with Gasteiger partial charge in [0.1, 0.15) is 18.8 Å². The highest BCUT2D eigenvalue weighted by molar-refractivity contribution is 7.46. The summed E-state index contributed by atoms with van der Waals surface area (Å²) in [5.41, 5.74) is 0. The lowest BCUT2D eigenvalue weighted by Crippen LogP contribution is -2.54. The van der Waals surface area contributed by atoms with E-state index >= 15 is 0 Å². The Morgan fingerprint density at radius 3 is 0.960 bits per heavy atom. The number of carboxylic acid groups (broad SMARTS) is 1. The molecule has 0 fully saturated rings. The van der Waals surface area contributed by atoms with Gasteiger partial charge in [-0.2, -0.15) is 0 Å². The largest absolute Gasteiger partial charge is 0.480 e. The molecule has 2 amide bonds. The van der Waals surface area contributed by atoms with Gasteiger partial charge < -0.3 is 59.1 Å². The number of unbranched alkanes of at least 4 members (excludes halogenated alkanes) is 45. The second-order valence-electron chi connectivity index (χ2n) is 29.5. The predicted octanol–water partition coefficient (Wildman–Crippen LogP) is 21.3. The highest BCUT2D eigenvalue weighted by atomic mass is 31.2. The van der Waals surface area contributed by atoms with Gasteiger partial charge >= 0.3 is 19.8 Å². The average molecular weight is 1460 g/mol. The molecular weight excluding hydrogens is 1300 g/mol. The summed E-state index contributed by atoms with van der Waals surface area (Å²) in [6, 6.07) is -3.05. The van der Waals surface area contributed by atoms with Gasteiger partial charge in [0.2, 0.25) is 11.8 Å². The highest BCUT2D eigenvalue weighted by Crippen LogP contribution is 2.39. The van der Waals surface area contributed by atoms with Crippen molar-refractivity contribution >= 4 is 31.6 Å². The van der Waals surface area contributed by atoms with E-state index < -0.39 is 100 Å². The van der Waals surface area contributed by atoms with Crippen LogP contribution < -0.4 is 10.6 Å². The van der Waals surface area contributed by atoms with Gasteiger partial charge in [-0.15, -0.1) is 0 Å². The number of esters is 1. The quantitative estimate of drug-likeness (QED) is 0.0143. The zero-order valence-electron chi connectivity index (χ0n) is 66.3. The van der Waals surface area contributed by atoms with Crippen LogP contribution in [-0.2, 0) is 56.7 Å². The molecule has 0 rings (SSSR count). The maximum atomic E-state index is 14.7. The Labute approximate surface area is 619 Å². The van der Waals surface area contributed by atoms with Crippen molar-refractivity contribution in [1.82, 2.24) is 10.6 Å². The minimum absolute atomic E-state index is 0.0724. The van der Waals surface area contributed by atoms with Gasteiger partial charge in [0, 0.05) is 19.8 Å². The van der Waals surface area contributed by atoms with Crippen molar-refractivity contribution in [2.75, 3.05) is 39.6 Å². The zero-order chi connectivity index (χ0) is 74.3. The number of amides is 2. The molecule has 0 aromatic carbocycles. The number of phosphoric ester groups is 1. The fourth-order valence-electron chi connectivity index (χ4n) is 13.2. The van der Waals surface area contributed by atoms with E-state index in [1.54, 1.807) is 0 Å². The number of ether oxygens (including phenoxy) is 6. The van der Waals surface area contributed by atoms with Gasteiger partial charge in [0.15, 0.2) is 12.3 Å². The molecule has 19 heteroatoms. The molecule has 0 aliphatic rings. The summed E-state index contributed by atoms with van der Waals surface area (Å²) in [6.07, 6.45) is 53.6. The molecular formula is C82H161N2O16P. The standard InChI is InChI=1S/C82H161N2O16P/c1-8-14-20-26-32-38-41-47-53-59-72(94-62-56-50-44-35-29-23-17-11-4)65-78(86)83-75(81(89)90)69-98-82(99-77(68-85)71(7)100-101(91,92)93)76(84-79(87)66-73(60-54-48-42-39-33-27-21-15-9-2)95-63-57-51-45-36-30-24-18-12-5)70-97-80(88)67-74(61-55-49-43-40-34-28-22-16-10-3)96-64-58-52-46-37-31-25-19-13-6/h71-77,82,85H,8-70H2,1-7H3,(H,83,86)(H,84,87)(H,89,90)(H2,91,92,93)/t71-,72+,73+,74+,75-,76-,77?,82?/m0/s1. The van der Waals surface area contributed by atoms with E-state index in [9.17, 15) is 43.7 Å². The van der Waals surface area contributed by atoms with Gasteiger partial charge in [0.05, 0.1) is 56.9 Å². The number of aliphatic carboxylic acids is 1. The van der Waals surface area contributed by atoms with Crippen LogP contribution >= 0.6 is 7.82 Å². The summed E-state index contributed by atoms with van der Waals surface area (Å²) in [6.45, 7) is 13.9. The van der Waals surface area contributed by atoms with Crippen molar-refractivity contribution in [3.8, 4) is 0 Å². The Morgan fingerprint density at radius 2 is 0.663 bits per heavy atom. The summed E-state index contributed by atoms with van der Waals surface area (Å²) in [5.74, 6) is -3.08. The second kappa shape index (κ2) is 73.3. The maximum absolute atomic E-state index is 14.7. The number of nitrogens with one attached hydrogen (secondary N) is 2. The number of rotatable bonds is 81. The van der Waals surface area contributed by atoms with Gasteiger partial charge in [-0.25, -0.2) is 9.36 Å². The molecule has 0 saturated carbocycles. The Hall–Kier alpha value is -2.25. The first-order chi connectivity index (χ1) is 49.1. The molecule has 600 valence electrons. The Bertz CT molecular complexity index is 1820. The van der Waals surface area contributed by atoms with Crippen molar-refractivity contribution in [2.24, 2.45) is 0 Å². The molecule has 18 nitrogen and oxygen atoms in total. The van der Waals surface area contributed by atoms with Crippen LogP contribution in [0.15, 0.2) is 0 Å². The highest BCUT2D eigenvalue weighted by Gasteiger charge is 2.36. The van der Waals surface area contributed by atoms with Crippen LogP contribution in [0.2, 0.25) is 0 Å². The summed E-state index contributed by atoms with van der Waals surface area (Å²) >= 11 is 0. The molecule has 0 aliphatic heterocycles. The van der Waals surface area contributed by atoms with Gasteiger partial charge in [-0.05, 0) is 45.4 Å². The third kappa shape index (κ3) is 65.7. The summed E-state index contributed by atoms with van der Waals surface area (Å²) in [7, 11) is -5.16. The van der Waals surface area contributed by atoms with Crippen molar-refractivity contribution in [2.45, 2.75) is 463 Å². The molecule has 6 N–H and O–H groups in total. The molecule has 0 bridgehead atoms. The Balaban J connectivity index is 7.25. The summed E-state index contributed by atoms with van der Waals surface area (Å²) < 4.78 is 55.5. The smallest absolute Gasteiger partial charge is 0.469 e. The fourth-order valence-corrected chi connectivity index (χ4v) is 13.7. The van der Waals surface area contributed by atoms with E-state index in [1.807, 2.05) is 0 Å². The van der Waals surface area contributed by atoms with E-state index in [0.717, 1.165) is 135 Å². The number of carbonyl (C=O) groups is 4. The number of phosphoric acid groups is 1. The molecule has 0 radical (unpaired) electrons. The molecule has 8 atom stereocenters. The first-order valence-electron chi connectivity index (χ1n) is 42.5. The molecule has 0 heterocycles. The topological polar surface area (TPSA) is 255 Å². The van der Waals surface area contributed by atoms with Crippen LogP contribution in [0.4, 0.5) is 0 Å². The summed E-state index contributed by atoms with van der Waals surface area (Å²) in [4.78, 5) is 76.2. The third-order valence-corrected chi connectivity index (χ3v) is 20.2. The minimum Gasteiger partial charge on any atom is -0.480 e. The normalized spacial score (nSPS) is 14.3. The lowest BCUT2D eigenvalue weighted by atomic mass is 10.0. The second-order valence-corrected chi connectivity index (χ2v) is 30.7. The Morgan fingerprint density at radius 1 is 0.376 bits per heavy atom. The van der Waals surface area contributed by atoms with Crippen LogP contribution in [-0.4, -0.2) is 132 Å². The van der Waals surface area contributed by atoms with Gasteiger partial charge in [-0.3, -0.25) is 18.9 Å². The maximum Gasteiger partial charge on any atom is 0.469 e. The van der Waals surface area contributed by atoms with E-state index in [0.29, 0.717) is 39.1 Å². The number of carboxylic acids is 1. The molecule has 0 aromatic rings. The predicted molar refractivity (Wildman–Crippen MR) is 413 cm³/mol.